The predicted octanol–water partition coefficient (Wildman–Crippen LogP) is 17.7. The number of fused-ring (bicyclic) bond motifs is 10. The minimum atomic E-state index is -0.208. The van der Waals surface area contributed by atoms with Crippen molar-refractivity contribution in [1.82, 2.24) is 0 Å². The molecule has 0 unspecified atom stereocenters. The van der Waals surface area contributed by atoms with E-state index in [4.69, 9.17) is 0 Å². The van der Waals surface area contributed by atoms with Crippen molar-refractivity contribution in [2.45, 2.75) is 38.5 Å². The molecule has 0 spiro atoms. The van der Waals surface area contributed by atoms with E-state index in [1.54, 1.807) is 0 Å². The lowest BCUT2D eigenvalue weighted by molar-refractivity contribution is 0.660. The van der Waals surface area contributed by atoms with Crippen LogP contribution >= 0.6 is 0 Å². The van der Waals surface area contributed by atoms with Crippen LogP contribution in [0.4, 0.5) is 34.1 Å². The molecule has 10 aromatic carbocycles. The van der Waals surface area contributed by atoms with E-state index in [-0.39, 0.29) is 10.8 Å². The van der Waals surface area contributed by atoms with Crippen molar-refractivity contribution in [2.24, 2.45) is 0 Å². The SMILES string of the molecule is CC1(C)c2cc(N(c3ccccc3)c3ccccc3)ccc2-c2c1cc(C=Cc1ccc3c(c1)C(C)(C)c1c-3ccc3cc(N(c4ccccc4)c4ccccc4)ccc13)c1ccccc21. The van der Waals surface area contributed by atoms with Gasteiger partial charge in [-0.1, -0.05) is 179 Å². The van der Waals surface area contributed by atoms with Crippen LogP contribution < -0.4 is 9.80 Å². The third-order valence-electron chi connectivity index (χ3n) is 14.4. The van der Waals surface area contributed by atoms with Gasteiger partial charge in [0.25, 0.3) is 0 Å². The molecule has 316 valence electrons. The number of rotatable bonds is 8. The van der Waals surface area contributed by atoms with Crippen molar-refractivity contribution >= 4 is 67.8 Å². The van der Waals surface area contributed by atoms with E-state index in [0.29, 0.717) is 0 Å². The van der Waals surface area contributed by atoms with Gasteiger partial charge in [-0.15, -0.1) is 0 Å². The van der Waals surface area contributed by atoms with Gasteiger partial charge in [0.1, 0.15) is 0 Å². The smallest absolute Gasteiger partial charge is 0.0468 e. The van der Waals surface area contributed by atoms with Gasteiger partial charge in [-0.2, -0.15) is 0 Å². The monoisotopic (exact) mass is 846 g/mol. The maximum Gasteiger partial charge on any atom is 0.0468 e. The first kappa shape index (κ1) is 39.6. The summed E-state index contributed by atoms with van der Waals surface area (Å²) in [6.45, 7) is 9.59. The molecule has 0 aromatic heterocycles. The molecule has 0 aliphatic heterocycles. The van der Waals surface area contributed by atoms with Crippen molar-refractivity contribution in [3.63, 3.8) is 0 Å². The Kier molecular flexibility index (Phi) is 9.22. The lowest BCUT2D eigenvalue weighted by Crippen LogP contribution is -2.16. The van der Waals surface area contributed by atoms with Crippen molar-refractivity contribution in [1.29, 1.82) is 0 Å². The molecule has 12 rings (SSSR count). The quantitative estimate of drug-likeness (QED) is 0.141. The van der Waals surface area contributed by atoms with Crippen molar-refractivity contribution in [3.8, 4) is 22.3 Å². The summed E-state index contributed by atoms with van der Waals surface area (Å²) in [7, 11) is 0. The number of benzene rings is 10. The van der Waals surface area contributed by atoms with Gasteiger partial charge in [0, 0.05) is 45.0 Å². The topological polar surface area (TPSA) is 6.48 Å². The summed E-state index contributed by atoms with van der Waals surface area (Å²) in [4.78, 5) is 4.71. The van der Waals surface area contributed by atoms with Crippen molar-refractivity contribution in [2.75, 3.05) is 9.80 Å². The summed E-state index contributed by atoms with van der Waals surface area (Å²) in [5.74, 6) is 0. The molecule has 2 heteroatoms. The average molecular weight is 847 g/mol. The Morgan fingerprint density at radius 3 is 1.44 bits per heavy atom. The fourth-order valence-electron chi connectivity index (χ4n) is 11.2. The van der Waals surface area contributed by atoms with Gasteiger partial charge in [-0.05, 0) is 156 Å². The highest BCUT2D eigenvalue weighted by Gasteiger charge is 2.39. The average Bonchev–Trinajstić information content (AvgIpc) is 3.73. The van der Waals surface area contributed by atoms with Gasteiger partial charge in [-0.25, -0.2) is 0 Å². The first-order chi connectivity index (χ1) is 32.3. The Labute approximate surface area is 388 Å². The van der Waals surface area contributed by atoms with Crippen molar-refractivity contribution < 1.29 is 0 Å². The Morgan fingerprint density at radius 2 is 0.833 bits per heavy atom. The molecule has 2 aliphatic carbocycles. The second-order valence-electron chi connectivity index (χ2n) is 19.0. The lowest BCUT2D eigenvalue weighted by Gasteiger charge is -2.28. The zero-order valence-corrected chi connectivity index (χ0v) is 37.8. The first-order valence-corrected chi connectivity index (χ1v) is 23.2. The number of anilines is 6. The summed E-state index contributed by atoms with van der Waals surface area (Å²) in [6, 6.07) is 80.0. The van der Waals surface area contributed by atoms with Gasteiger partial charge in [0.2, 0.25) is 0 Å². The predicted molar refractivity (Wildman–Crippen MR) is 281 cm³/mol. The molecule has 2 aliphatic rings. The van der Waals surface area contributed by atoms with Gasteiger partial charge in [0.05, 0.1) is 0 Å². The zero-order valence-electron chi connectivity index (χ0n) is 37.8. The second-order valence-corrected chi connectivity index (χ2v) is 19.0. The molecule has 10 aromatic rings. The van der Waals surface area contributed by atoms with Crippen LogP contribution in [0.5, 0.6) is 0 Å². The van der Waals surface area contributed by atoms with Crippen LogP contribution in [0.25, 0.3) is 56.0 Å². The molecule has 0 saturated heterocycles. The van der Waals surface area contributed by atoms with E-state index in [9.17, 15) is 0 Å². The minimum absolute atomic E-state index is 0.181. The highest BCUT2D eigenvalue weighted by atomic mass is 15.1. The normalized spacial score (nSPS) is 13.9. The highest BCUT2D eigenvalue weighted by Crippen LogP contribution is 2.55. The standard InChI is InChI=1S/C64H50N2/c1-63(2)59-42-51(66(48-23-13-7-14-24-48)49-25-15-8-16-26-49)34-38-57(59)61-55-28-18-17-27-52(55)45(41-60(61)63)31-29-43-30-35-54-56-36-32-44-40-50(33-37-53(44)62(56)64(3,4)58(54)39-43)65(46-19-9-5-10-20-46)47-21-11-6-12-22-47/h5-42H,1-4H3. The van der Waals surface area contributed by atoms with E-state index in [1.165, 1.54) is 77.2 Å². The van der Waals surface area contributed by atoms with Crippen LogP contribution in [0.2, 0.25) is 0 Å². The molecule has 2 nitrogen and oxygen atoms in total. The third kappa shape index (κ3) is 6.31. The summed E-state index contributed by atoms with van der Waals surface area (Å²) in [6.07, 6.45) is 4.67. The van der Waals surface area contributed by atoms with E-state index in [2.05, 4.69) is 268 Å². The van der Waals surface area contributed by atoms with Crippen LogP contribution in [-0.4, -0.2) is 0 Å². The van der Waals surface area contributed by atoms with E-state index in [0.717, 1.165) is 34.1 Å². The fraction of sp³-hybridized carbons (Fsp3) is 0.0938. The number of nitrogens with zero attached hydrogens (tertiary/aromatic N) is 2. The molecule has 0 saturated carbocycles. The Hall–Kier alpha value is -7.94. The van der Waals surface area contributed by atoms with Crippen LogP contribution in [0, 0.1) is 0 Å². The summed E-state index contributed by atoms with van der Waals surface area (Å²) in [5, 5.41) is 5.13. The van der Waals surface area contributed by atoms with Crippen molar-refractivity contribution in [3.05, 3.63) is 252 Å². The van der Waals surface area contributed by atoms with Crippen LogP contribution in [0.15, 0.2) is 218 Å². The molecular weight excluding hydrogens is 797 g/mol. The van der Waals surface area contributed by atoms with Gasteiger partial charge in [0.15, 0.2) is 0 Å². The molecular formula is C64H50N2. The van der Waals surface area contributed by atoms with Gasteiger partial charge < -0.3 is 9.80 Å². The third-order valence-corrected chi connectivity index (χ3v) is 14.4. The molecule has 66 heavy (non-hydrogen) atoms. The van der Waals surface area contributed by atoms with E-state index >= 15 is 0 Å². The minimum Gasteiger partial charge on any atom is -0.310 e. The van der Waals surface area contributed by atoms with Crippen LogP contribution in [0.1, 0.15) is 61.1 Å². The number of para-hydroxylation sites is 4. The second kappa shape index (κ2) is 15.4. The zero-order chi connectivity index (χ0) is 44.6. The summed E-state index contributed by atoms with van der Waals surface area (Å²) in [5.41, 5.74) is 19.8. The summed E-state index contributed by atoms with van der Waals surface area (Å²) >= 11 is 0. The summed E-state index contributed by atoms with van der Waals surface area (Å²) < 4.78 is 0. The maximum atomic E-state index is 2.46. The van der Waals surface area contributed by atoms with E-state index < -0.39 is 0 Å². The van der Waals surface area contributed by atoms with Crippen LogP contribution in [-0.2, 0) is 10.8 Å². The largest absolute Gasteiger partial charge is 0.310 e. The Bertz CT molecular complexity index is 3430. The van der Waals surface area contributed by atoms with Crippen LogP contribution in [0.3, 0.4) is 0 Å². The molecule has 0 N–H and O–H groups in total. The molecule has 0 amide bonds. The Morgan fingerprint density at radius 1 is 0.333 bits per heavy atom. The maximum absolute atomic E-state index is 2.46. The molecule has 0 bridgehead atoms. The Balaban J connectivity index is 0.895. The highest BCUT2D eigenvalue weighted by molar-refractivity contribution is 6.07. The number of hydrogen-bond donors (Lipinski definition) is 0. The lowest BCUT2D eigenvalue weighted by atomic mass is 9.79. The molecule has 0 atom stereocenters. The van der Waals surface area contributed by atoms with Gasteiger partial charge >= 0.3 is 0 Å². The molecule has 0 heterocycles. The first-order valence-electron chi connectivity index (χ1n) is 23.2. The van der Waals surface area contributed by atoms with Gasteiger partial charge in [-0.3, -0.25) is 0 Å². The molecule has 0 radical (unpaired) electrons. The number of hydrogen-bond acceptors (Lipinski definition) is 2. The fourth-order valence-corrected chi connectivity index (χ4v) is 11.2. The molecule has 0 fully saturated rings. The van der Waals surface area contributed by atoms with E-state index in [1.807, 2.05) is 0 Å².